The molecule has 0 fully saturated rings. The molecule has 0 atom stereocenters. The monoisotopic (exact) mass is 458 g/mol. The standard InChI is InChI=1S/C24H24Cl2N2O3/c1-14(2)19-11-18(6-8-23(19)30-4)31-24-20(25)9-16(10-21(24)26)22(29)7-5-17-13-27-15(3)12-28-17/h6,8-14H,5,7H2,1-4H3. The lowest BCUT2D eigenvalue weighted by atomic mass is 10.0. The number of nitrogens with zero attached hydrogens (tertiary/aromatic N) is 2. The molecule has 5 nitrogen and oxygen atoms in total. The molecule has 2 aromatic carbocycles. The van der Waals surface area contributed by atoms with Crippen molar-refractivity contribution in [3.8, 4) is 17.2 Å². The number of Topliss-reactive ketones (excluding diaryl/α,β-unsaturated/α-hetero) is 1. The summed E-state index contributed by atoms with van der Waals surface area (Å²) in [5.74, 6) is 1.86. The summed E-state index contributed by atoms with van der Waals surface area (Å²) in [6.07, 6.45) is 4.13. The summed E-state index contributed by atoms with van der Waals surface area (Å²) in [4.78, 5) is 21.1. The van der Waals surface area contributed by atoms with Gasteiger partial charge in [-0.25, -0.2) is 0 Å². The number of methoxy groups -OCH3 is 1. The summed E-state index contributed by atoms with van der Waals surface area (Å²) >= 11 is 12.8. The van der Waals surface area contributed by atoms with Crippen molar-refractivity contribution in [1.29, 1.82) is 0 Å². The topological polar surface area (TPSA) is 61.3 Å². The minimum atomic E-state index is -0.0794. The molecule has 7 heteroatoms. The zero-order valence-electron chi connectivity index (χ0n) is 17.9. The van der Waals surface area contributed by atoms with Crippen LogP contribution in [0.2, 0.25) is 10.0 Å². The van der Waals surface area contributed by atoms with E-state index >= 15 is 0 Å². The van der Waals surface area contributed by atoms with E-state index in [4.69, 9.17) is 32.7 Å². The Hall–Kier alpha value is -2.63. The van der Waals surface area contributed by atoms with Crippen LogP contribution in [0, 0.1) is 6.92 Å². The maximum Gasteiger partial charge on any atom is 0.164 e. The highest BCUT2D eigenvalue weighted by atomic mass is 35.5. The first-order valence-electron chi connectivity index (χ1n) is 9.94. The van der Waals surface area contributed by atoms with E-state index in [0.29, 0.717) is 23.5 Å². The molecule has 0 amide bonds. The fraction of sp³-hybridized carbons (Fsp3) is 0.292. The Morgan fingerprint density at radius 1 is 1.06 bits per heavy atom. The van der Waals surface area contributed by atoms with Gasteiger partial charge in [0, 0.05) is 29.9 Å². The van der Waals surface area contributed by atoms with Crippen LogP contribution in [0.4, 0.5) is 0 Å². The van der Waals surface area contributed by atoms with Gasteiger partial charge in [0.25, 0.3) is 0 Å². The van der Waals surface area contributed by atoms with Gasteiger partial charge in [-0.3, -0.25) is 14.8 Å². The maximum absolute atomic E-state index is 12.6. The van der Waals surface area contributed by atoms with Crippen LogP contribution in [0.15, 0.2) is 42.7 Å². The lowest BCUT2D eigenvalue weighted by Crippen LogP contribution is -2.03. The molecule has 0 saturated carbocycles. The van der Waals surface area contributed by atoms with E-state index in [2.05, 4.69) is 23.8 Å². The number of ether oxygens (including phenoxy) is 2. The van der Waals surface area contributed by atoms with Gasteiger partial charge in [-0.05, 0) is 49.6 Å². The van der Waals surface area contributed by atoms with Crippen molar-refractivity contribution in [2.45, 2.75) is 39.5 Å². The van der Waals surface area contributed by atoms with E-state index in [0.717, 1.165) is 22.7 Å². The molecule has 31 heavy (non-hydrogen) atoms. The van der Waals surface area contributed by atoms with Gasteiger partial charge in [0.2, 0.25) is 0 Å². The van der Waals surface area contributed by atoms with Gasteiger partial charge >= 0.3 is 0 Å². The Balaban J connectivity index is 1.76. The van der Waals surface area contributed by atoms with Crippen molar-refractivity contribution in [2.75, 3.05) is 7.11 Å². The second-order valence-corrected chi connectivity index (χ2v) is 8.32. The summed E-state index contributed by atoms with van der Waals surface area (Å²) in [7, 11) is 1.64. The molecule has 0 saturated heterocycles. The van der Waals surface area contributed by atoms with Crippen molar-refractivity contribution >= 4 is 29.0 Å². The number of hydrogen-bond acceptors (Lipinski definition) is 5. The van der Waals surface area contributed by atoms with Crippen LogP contribution in [-0.4, -0.2) is 22.9 Å². The summed E-state index contributed by atoms with van der Waals surface area (Å²) in [6.45, 7) is 6.01. The number of carbonyl (C=O) groups excluding carboxylic acids is 1. The molecular weight excluding hydrogens is 435 g/mol. The minimum absolute atomic E-state index is 0.0794. The zero-order chi connectivity index (χ0) is 22.5. The van der Waals surface area contributed by atoms with E-state index in [1.165, 1.54) is 0 Å². The van der Waals surface area contributed by atoms with Crippen molar-refractivity contribution < 1.29 is 14.3 Å². The molecule has 0 aliphatic rings. The van der Waals surface area contributed by atoms with Gasteiger partial charge in [-0.1, -0.05) is 37.0 Å². The van der Waals surface area contributed by atoms with Crippen molar-refractivity contribution in [1.82, 2.24) is 9.97 Å². The highest BCUT2D eigenvalue weighted by molar-refractivity contribution is 6.37. The molecule has 0 radical (unpaired) electrons. The number of rotatable bonds is 8. The summed E-state index contributed by atoms with van der Waals surface area (Å²) in [6, 6.07) is 8.70. The normalized spacial score (nSPS) is 10.9. The number of aryl methyl sites for hydroxylation is 2. The smallest absolute Gasteiger partial charge is 0.164 e. The lowest BCUT2D eigenvalue weighted by molar-refractivity contribution is 0.0982. The first kappa shape index (κ1) is 23.0. The Kier molecular flexibility index (Phi) is 7.52. The van der Waals surface area contributed by atoms with Gasteiger partial charge in [-0.15, -0.1) is 0 Å². The van der Waals surface area contributed by atoms with Gasteiger partial charge in [-0.2, -0.15) is 0 Å². The van der Waals surface area contributed by atoms with E-state index in [1.807, 2.05) is 19.1 Å². The maximum atomic E-state index is 12.6. The second kappa shape index (κ2) is 10.1. The number of carbonyl (C=O) groups is 1. The predicted octanol–water partition coefficient (Wildman–Crippen LogP) is 6.83. The van der Waals surface area contributed by atoms with Gasteiger partial charge in [0.1, 0.15) is 11.5 Å². The van der Waals surface area contributed by atoms with Crippen LogP contribution >= 0.6 is 23.2 Å². The average molecular weight is 459 g/mol. The van der Waals surface area contributed by atoms with Gasteiger partial charge < -0.3 is 9.47 Å². The molecule has 1 heterocycles. The van der Waals surface area contributed by atoms with Crippen LogP contribution in [0.5, 0.6) is 17.2 Å². The molecule has 162 valence electrons. The predicted molar refractivity (Wildman–Crippen MR) is 123 cm³/mol. The lowest BCUT2D eigenvalue weighted by Gasteiger charge is -2.15. The van der Waals surface area contributed by atoms with Crippen LogP contribution in [0.1, 0.15) is 53.5 Å². The number of aromatic nitrogens is 2. The molecular formula is C24H24Cl2N2O3. The summed E-state index contributed by atoms with van der Waals surface area (Å²) in [5, 5.41) is 0.542. The zero-order valence-corrected chi connectivity index (χ0v) is 19.4. The molecule has 1 aromatic heterocycles. The fourth-order valence-corrected chi connectivity index (χ4v) is 3.66. The Bertz CT molecular complexity index is 1060. The van der Waals surface area contributed by atoms with E-state index in [9.17, 15) is 4.79 Å². The van der Waals surface area contributed by atoms with Crippen LogP contribution < -0.4 is 9.47 Å². The van der Waals surface area contributed by atoms with Crippen LogP contribution in [-0.2, 0) is 6.42 Å². The SMILES string of the molecule is COc1ccc(Oc2c(Cl)cc(C(=O)CCc3cnc(C)cn3)cc2Cl)cc1C(C)C. The fourth-order valence-electron chi connectivity index (χ4n) is 3.10. The number of ketones is 1. The van der Waals surface area contributed by atoms with E-state index < -0.39 is 0 Å². The van der Waals surface area contributed by atoms with Crippen molar-refractivity contribution in [2.24, 2.45) is 0 Å². The van der Waals surface area contributed by atoms with Crippen molar-refractivity contribution in [3.05, 3.63) is 75.3 Å². The largest absolute Gasteiger partial charge is 0.496 e. The van der Waals surface area contributed by atoms with E-state index in [-0.39, 0.29) is 28.2 Å². The highest BCUT2D eigenvalue weighted by Gasteiger charge is 2.17. The second-order valence-electron chi connectivity index (χ2n) is 7.50. The molecule has 0 bridgehead atoms. The molecule has 0 aliphatic carbocycles. The van der Waals surface area contributed by atoms with Gasteiger partial charge in [0.05, 0.1) is 28.5 Å². The summed E-state index contributed by atoms with van der Waals surface area (Å²) < 4.78 is 11.4. The van der Waals surface area contributed by atoms with Crippen LogP contribution in [0.25, 0.3) is 0 Å². The van der Waals surface area contributed by atoms with Gasteiger partial charge in [0.15, 0.2) is 11.5 Å². The Morgan fingerprint density at radius 2 is 1.77 bits per heavy atom. The highest BCUT2D eigenvalue weighted by Crippen LogP contribution is 2.39. The Labute approximate surface area is 192 Å². The first-order valence-corrected chi connectivity index (χ1v) is 10.7. The van der Waals surface area contributed by atoms with Crippen molar-refractivity contribution in [3.63, 3.8) is 0 Å². The molecule has 0 N–H and O–H groups in total. The van der Waals surface area contributed by atoms with E-state index in [1.54, 1.807) is 37.7 Å². The quantitative estimate of drug-likeness (QED) is 0.346. The van der Waals surface area contributed by atoms with Crippen LogP contribution in [0.3, 0.4) is 0 Å². The number of benzene rings is 2. The minimum Gasteiger partial charge on any atom is -0.496 e. The summed E-state index contributed by atoms with van der Waals surface area (Å²) in [5.41, 5.74) is 3.04. The Morgan fingerprint density at radius 3 is 2.35 bits per heavy atom. The number of halogens is 2. The average Bonchev–Trinajstić information content (AvgIpc) is 2.75. The first-order chi connectivity index (χ1) is 14.8. The molecule has 3 aromatic rings. The molecule has 0 spiro atoms. The third-order valence-corrected chi connectivity index (χ3v) is 5.37. The number of hydrogen-bond donors (Lipinski definition) is 0. The molecule has 3 rings (SSSR count). The molecule has 0 aliphatic heterocycles. The third-order valence-electron chi connectivity index (χ3n) is 4.81. The third kappa shape index (κ3) is 5.75. The molecule has 0 unspecified atom stereocenters.